The monoisotopic (exact) mass is 258 g/mol. The second-order valence-corrected chi connectivity index (χ2v) is 4.47. The van der Waals surface area contributed by atoms with Crippen molar-refractivity contribution in [2.45, 2.75) is 12.5 Å². The van der Waals surface area contributed by atoms with Crippen molar-refractivity contribution in [1.82, 2.24) is 4.90 Å². The van der Waals surface area contributed by atoms with Gasteiger partial charge in [0.15, 0.2) is 0 Å². The fourth-order valence-corrected chi connectivity index (χ4v) is 2.05. The van der Waals surface area contributed by atoms with E-state index in [1.165, 1.54) is 0 Å². The van der Waals surface area contributed by atoms with Crippen LogP contribution in [0.1, 0.15) is 17.2 Å². The molecule has 2 N–H and O–H groups in total. The summed E-state index contributed by atoms with van der Waals surface area (Å²) < 4.78 is 5.25. The largest absolute Gasteiger partial charge is 0.467 e. The molecule has 0 radical (unpaired) electrons. The molecule has 4 heteroatoms. The van der Waals surface area contributed by atoms with E-state index >= 15 is 0 Å². The molecule has 19 heavy (non-hydrogen) atoms. The minimum Gasteiger partial charge on any atom is -0.467 e. The number of furan rings is 1. The quantitative estimate of drug-likeness (QED) is 0.892. The zero-order chi connectivity index (χ0) is 13.7. The van der Waals surface area contributed by atoms with Gasteiger partial charge in [-0.25, -0.2) is 0 Å². The van der Waals surface area contributed by atoms with Gasteiger partial charge < -0.3 is 15.1 Å². The van der Waals surface area contributed by atoms with Gasteiger partial charge in [0.05, 0.1) is 18.7 Å². The van der Waals surface area contributed by atoms with E-state index in [0.717, 1.165) is 11.3 Å². The Labute approximate surface area is 112 Å². The van der Waals surface area contributed by atoms with Crippen molar-refractivity contribution >= 4 is 5.91 Å². The second kappa shape index (κ2) is 6.20. The SMILES string of the molecule is CN(Cc1ccco1)C(=O)C(CN)c1ccccc1. The van der Waals surface area contributed by atoms with Crippen LogP contribution in [0.2, 0.25) is 0 Å². The average molecular weight is 258 g/mol. The van der Waals surface area contributed by atoms with E-state index in [0.29, 0.717) is 13.1 Å². The van der Waals surface area contributed by atoms with Crippen LogP contribution in [0.3, 0.4) is 0 Å². The van der Waals surface area contributed by atoms with Crippen molar-refractivity contribution in [3.63, 3.8) is 0 Å². The molecule has 0 spiro atoms. The van der Waals surface area contributed by atoms with E-state index < -0.39 is 0 Å². The molecule has 1 amide bonds. The third kappa shape index (κ3) is 3.23. The Balaban J connectivity index is 2.08. The van der Waals surface area contributed by atoms with Gasteiger partial charge in [-0.05, 0) is 17.7 Å². The maximum absolute atomic E-state index is 12.4. The molecule has 0 aliphatic carbocycles. The highest BCUT2D eigenvalue weighted by atomic mass is 16.3. The zero-order valence-corrected chi connectivity index (χ0v) is 11.0. The molecule has 1 aromatic carbocycles. The standard InChI is InChI=1S/C15H18N2O2/c1-17(11-13-8-5-9-19-13)15(18)14(10-16)12-6-3-2-4-7-12/h2-9,14H,10-11,16H2,1H3. The molecule has 100 valence electrons. The predicted octanol–water partition coefficient (Wildman–Crippen LogP) is 1.98. The molecule has 0 saturated carbocycles. The van der Waals surface area contributed by atoms with Crippen molar-refractivity contribution in [2.24, 2.45) is 5.73 Å². The number of carbonyl (C=O) groups is 1. The number of nitrogens with zero attached hydrogens (tertiary/aromatic N) is 1. The van der Waals surface area contributed by atoms with Crippen molar-refractivity contribution in [2.75, 3.05) is 13.6 Å². The normalized spacial score (nSPS) is 12.1. The second-order valence-electron chi connectivity index (χ2n) is 4.47. The van der Waals surface area contributed by atoms with Gasteiger partial charge >= 0.3 is 0 Å². The highest BCUT2D eigenvalue weighted by Crippen LogP contribution is 2.18. The Hall–Kier alpha value is -2.07. The van der Waals surface area contributed by atoms with Crippen LogP contribution in [0, 0.1) is 0 Å². The van der Waals surface area contributed by atoms with Crippen LogP contribution in [-0.2, 0) is 11.3 Å². The van der Waals surface area contributed by atoms with Crippen LogP contribution in [0.25, 0.3) is 0 Å². The molecule has 1 unspecified atom stereocenters. The average Bonchev–Trinajstić information content (AvgIpc) is 2.93. The third-order valence-electron chi connectivity index (χ3n) is 3.09. The van der Waals surface area contributed by atoms with Gasteiger partial charge in [-0.2, -0.15) is 0 Å². The summed E-state index contributed by atoms with van der Waals surface area (Å²) in [6.07, 6.45) is 1.60. The molecule has 0 aliphatic rings. The molecule has 0 saturated heterocycles. The van der Waals surface area contributed by atoms with Crippen LogP contribution < -0.4 is 5.73 Å². The summed E-state index contributed by atoms with van der Waals surface area (Å²) >= 11 is 0. The number of rotatable bonds is 5. The van der Waals surface area contributed by atoms with E-state index in [9.17, 15) is 4.79 Å². The molecule has 1 heterocycles. The van der Waals surface area contributed by atoms with Gasteiger partial charge in [-0.3, -0.25) is 4.79 Å². The van der Waals surface area contributed by atoms with Crippen LogP contribution >= 0.6 is 0 Å². The maximum Gasteiger partial charge on any atom is 0.231 e. The summed E-state index contributed by atoms with van der Waals surface area (Å²) in [5.74, 6) is 0.464. The molecular formula is C15H18N2O2. The van der Waals surface area contributed by atoms with Gasteiger partial charge in [0.2, 0.25) is 5.91 Å². The van der Waals surface area contributed by atoms with E-state index in [4.69, 9.17) is 10.2 Å². The van der Waals surface area contributed by atoms with Crippen LogP contribution in [0.5, 0.6) is 0 Å². The van der Waals surface area contributed by atoms with Gasteiger partial charge in [0.25, 0.3) is 0 Å². The molecular weight excluding hydrogens is 240 g/mol. The summed E-state index contributed by atoms with van der Waals surface area (Å²) in [6.45, 7) is 0.751. The number of nitrogens with two attached hydrogens (primary N) is 1. The predicted molar refractivity (Wildman–Crippen MR) is 73.4 cm³/mol. The molecule has 0 aliphatic heterocycles. The highest BCUT2D eigenvalue weighted by Gasteiger charge is 2.22. The summed E-state index contributed by atoms with van der Waals surface area (Å²) in [4.78, 5) is 14.0. The minimum atomic E-state index is -0.304. The topological polar surface area (TPSA) is 59.5 Å². The summed E-state index contributed by atoms with van der Waals surface area (Å²) in [5, 5.41) is 0. The first-order chi connectivity index (χ1) is 9.22. The first kappa shape index (κ1) is 13.4. The molecule has 4 nitrogen and oxygen atoms in total. The molecule has 1 atom stereocenters. The van der Waals surface area contributed by atoms with Gasteiger partial charge in [-0.15, -0.1) is 0 Å². The first-order valence-corrected chi connectivity index (χ1v) is 6.24. The van der Waals surface area contributed by atoms with E-state index in [1.54, 1.807) is 18.2 Å². The fourth-order valence-electron chi connectivity index (χ4n) is 2.05. The van der Waals surface area contributed by atoms with E-state index in [-0.39, 0.29) is 11.8 Å². The summed E-state index contributed by atoms with van der Waals surface area (Å²) in [7, 11) is 1.76. The smallest absolute Gasteiger partial charge is 0.231 e. The van der Waals surface area contributed by atoms with E-state index in [1.807, 2.05) is 42.5 Å². The van der Waals surface area contributed by atoms with Crippen molar-refractivity contribution < 1.29 is 9.21 Å². The van der Waals surface area contributed by atoms with Gasteiger partial charge in [0, 0.05) is 13.6 Å². The Kier molecular flexibility index (Phi) is 4.36. The third-order valence-corrected chi connectivity index (χ3v) is 3.09. The maximum atomic E-state index is 12.4. The van der Waals surface area contributed by atoms with Crippen molar-refractivity contribution in [3.05, 3.63) is 60.1 Å². The molecule has 2 rings (SSSR count). The van der Waals surface area contributed by atoms with Gasteiger partial charge in [0.1, 0.15) is 5.76 Å². The zero-order valence-electron chi connectivity index (χ0n) is 11.0. The van der Waals surface area contributed by atoms with Crippen LogP contribution in [0.4, 0.5) is 0 Å². The number of hydrogen-bond donors (Lipinski definition) is 1. The lowest BCUT2D eigenvalue weighted by atomic mass is 9.98. The lowest BCUT2D eigenvalue weighted by molar-refractivity contribution is -0.132. The Bertz CT molecular complexity index is 508. The highest BCUT2D eigenvalue weighted by molar-refractivity contribution is 5.83. The Morgan fingerprint density at radius 2 is 2.00 bits per heavy atom. The number of benzene rings is 1. The number of amides is 1. The van der Waals surface area contributed by atoms with Gasteiger partial charge in [-0.1, -0.05) is 30.3 Å². The lowest BCUT2D eigenvalue weighted by Crippen LogP contribution is -2.34. The Morgan fingerprint density at radius 3 is 2.58 bits per heavy atom. The molecule has 1 aromatic heterocycles. The minimum absolute atomic E-state index is 0.00472. The first-order valence-electron chi connectivity index (χ1n) is 6.24. The number of carbonyl (C=O) groups excluding carboxylic acids is 1. The molecule has 2 aromatic rings. The van der Waals surface area contributed by atoms with Crippen LogP contribution in [0.15, 0.2) is 53.1 Å². The summed E-state index contributed by atoms with van der Waals surface area (Å²) in [6, 6.07) is 13.3. The number of hydrogen-bond acceptors (Lipinski definition) is 3. The number of likely N-dealkylation sites (N-methyl/N-ethyl adjacent to an activating group) is 1. The lowest BCUT2D eigenvalue weighted by Gasteiger charge is -2.22. The van der Waals surface area contributed by atoms with Crippen molar-refractivity contribution in [3.8, 4) is 0 Å². The van der Waals surface area contributed by atoms with Crippen molar-refractivity contribution in [1.29, 1.82) is 0 Å². The van der Waals surface area contributed by atoms with Crippen LogP contribution in [-0.4, -0.2) is 24.4 Å². The molecule has 0 fully saturated rings. The summed E-state index contributed by atoms with van der Waals surface area (Å²) in [5.41, 5.74) is 6.69. The van der Waals surface area contributed by atoms with E-state index in [2.05, 4.69) is 0 Å². The Morgan fingerprint density at radius 1 is 1.26 bits per heavy atom. The molecule has 0 bridgehead atoms. The fraction of sp³-hybridized carbons (Fsp3) is 0.267.